The maximum absolute atomic E-state index is 6.15. The first-order valence-corrected chi connectivity index (χ1v) is 8.05. The van der Waals surface area contributed by atoms with Crippen molar-refractivity contribution in [1.82, 2.24) is 15.2 Å². The monoisotopic (exact) mass is 290 g/mol. The number of pyridine rings is 1. The Morgan fingerprint density at radius 2 is 2.48 bits per heavy atom. The smallest absolute Gasteiger partial charge is 0.0858 e. The lowest BCUT2D eigenvalue weighted by molar-refractivity contribution is -0.0641. The molecular weight excluding hydrogens is 264 g/mol. The quantitative estimate of drug-likeness (QED) is 0.848. The van der Waals surface area contributed by atoms with Crippen molar-refractivity contribution in [3.63, 3.8) is 0 Å². The topological polar surface area (TPSA) is 63.4 Å². The summed E-state index contributed by atoms with van der Waals surface area (Å²) in [7, 11) is 0. The molecule has 3 rings (SSSR count). The van der Waals surface area contributed by atoms with Crippen LogP contribution in [0.4, 0.5) is 5.69 Å². The first-order chi connectivity index (χ1) is 10.3. The van der Waals surface area contributed by atoms with Gasteiger partial charge in [0.15, 0.2) is 0 Å². The molecule has 0 aromatic carbocycles. The van der Waals surface area contributed by atoms with Gasteiger partial charge in [-0.1, -0.05) is 6.92 Å². The van der Waals surface area contributed by atoms with Crippen molar-refractivity contribution >= 4 is 5.69 Å². The molecule has 1 aromatic heterocycles. The number of nitrogens with one attached hydrogen (secondary N) is 1. The number of likely N-dealkylation sites (N-methyl/N-ethyl adjacent to an activating group) is 1. The Labute approximate surface area is 126 Å². The molecule has 3 atom stereocenters. The molecule has 116 valence electrons. The SMILES string of the molecule is CCNC(Cc1cnccc1N)C1CN2CCCC2CO1. The van der Waals surface area contributed by atoms with Crippen LogP contribution in [-0.4, -0.2) is 54.3 Å². The third-order valence-electron chi connectivity index (χ3n) is 4.71. The maximum Gasteiger partial charge on any atom is 0.0858 e. The lowest BCUT2D eigenvalue weighted by Crippen LogP contribution is -2.54. The lowest BCUT2D eigenvalue weighted by atomic mass is 9.99. The maximum atomic E-state index is 6.15. The second kappa shape index (κ2) is 6.73. The third-order valence-corrected chi connectivity index (χ3v) is 4.71. The van der Waals surface area contributed by atoms with Crippen LogP contribution in [0.25, 0.3) is 0 Å². The molecule has 0 aliphatic carbocycles. The molecule has 3 N–H and O–H groups in total. The van der Waals surface area contributed by atoms with Crippen molar-refractivity contribution in [2.24, 2.45) is 0 Å². The van der Waals surface area contributed by atoms with Crippen molar-refractivity contribution in [2.45, 2.75) is 44.4 Å². The Hall–Kier alpha value is -1.17. The van der Waals surface area contributed by atoms with Crippen LogP contribution in [0.15, 0.2) is 18.5 Å². The minimum absolute atomic E-state index is 0.235. The Balaban J connectivity index is 1.68. The number of hydrogen-bond donors (Lipinski definition) is 2. The Kier molecular flexibility index (Phi) is 4.73. The van der Waals surface area contributed by atoms with Crippen LogP contribution in [-0.2, 0) is 11.2 Å². The van der Waals surface area contributed by atoms with Crippen LogP contribution < -0.4 is 11.1 Å². The van der Waals surface area contributed by atoms with E-state index in [1.807, 2.05) is 12.3 Å². The van der Waals surface area contributed by atoms with Gasteiger partial charge in [-0.3, -0.25) is 9.88 Å². The summed E-state index contributed by atoms with van der Waals surface area (Å²) in [6.07, 6.45) is 7.32. The van der Waals surface area contributed by atoms with Gasteiger partial charge in [-0.05, 0) is 44.0 Å². The molecule has 5 nitrogen and oxygen atoms in total. The highest BCUT2D eigenvalue weighted by Gasteiger charge is 2.35. The summed E-state index contributed by atoms with van der Waals surface area (Å²) in [4.78, 5) is 6.79. The number of anilines is 1. The van der Waals surface area contributed by atoms with E-state index in [-0.39, 0.29) is 6.10 Å². The molecular formula is C16H26N4O. The highest BCUT2D eigenvalue weighted by atomic mass is 16.5. The predicted molar refractivity (Wildman–Crippen MR) is 84.2 cm³/mol. The summed E-state index contributed by atoms with van der Waals surface area (Å²) in [6, 6.07) is 2.81. The molecule has 21 heavy (non-hydrogen) atoms. The van der Waals surface area contributed by atoms with Crippen LogP contribution >= 0.6 is 0 Å². The van der Waals surface area contributed by atoms with E-state index >= 15 is 0 Å². The minimum atomic E-state index is 0.235. The number of nitrogen functional groups attached to an aromatic ring is 1. The van der Waals surface area contributed by atoms with Gasteiger partial charge in [0.1, 0.15) is 0 Å². The average Bonchev–Trinajstić information content (AvgIpc) is 2.96. The van der Waals surface area contributed by atoms with E-state index in [1.165, 1.54) is 19.4 Å². The molecule has 2 aliphatic heterocycles. The van der Waals surface area contributed by atoms with Gasteiger partial charge in [0.05, 0.1) is 12.7 Å². The van der Waals surface area contributed by atoms with Crippen molar-refractivity contribution in [3.05, 3.63) is 24.0 Å². The summed E-state index contributed by atoms with van der Waals surface area (Å²) in [6.45, 7) is 6.20. The second-order valence-electron chi connectivity index (χ2n) is 6.11. The molecule has 0 bridgehead atoms. The minimum Gasteiger partial charge on any atom is -0.398 e. The molecule has 5 heteroatoms. The summed E-state index contributed by atoms with van der Waals surface area (Å²) in [5.41, 5.74) is 7.99. The lowest BCUT2D eigenvalue weighted by Gasteiger charge is -2.39. The summed E-state index contributed by atoms with van der Waals surface area (Å²) in [5.74, 6) is 0. The van der Waals surface area contributed by atoms with E-state index < -0.39 is 0 Å². The standard InChI is InChI=1S/C16H26N4O/c1-2-19-15(8-12-9-18-6-5-14(12)17)16-10-20-7-3-4-13(20)11-21-16/h5-6,9,13,15-16,19H,2-4,7-8,10-11H2,1H3,(H2,17,18). The molecule has 2 aliphatic rings. The number of rotatable bonds is 5. The fourth-order valence-electron chi connectivity index (χ4n) is 3.53. The number of morpholine rings is 1. The Bertz CT molecular complexity index is 467. The van der Waals surface area contributed by atoms with Gasteiger partial charge in [0.25, 0.3) is 0 Å². The van der Waals surface area contributed by atoms with Crippen LogP contribution in [0.1, 0.15) is 25.3 Å². The van der Waals surface area contributed by atoms with Crippen LogP contribution in [0.3, 0.4) is 0 Å². The first-order valence-electron chi connectivity index (χ1n) is 8.05. The van der Waals surface area contributed by atoms with Gasteiger partial charge in [0, 0.05) is 36.7 Å². The van der Waals surface area contributed by atoms with Crippen LogP contribution in [0.2, 0.25) is 0 Å². The summed E-state index contributed by atoms with van der Waals surface area (Å²) >= 11 is 0. The highest BCUT2D eigenvalue weighted by Crippen LogP contribution is 2.25. The Morgan fingerprint density at radius 3 is 3.29 bits per heavy atom. The zero-order valence-corrected chi connectivity index (χ0v) is 12.8. The van der Waals surface area contributed by atoms with Gasteiger partial charge in [-0.2, -0.15) is 0 Å². The van der Waals surface area contributed by atoms with E-state index in [4.69, 9.17) is 10.5 Å². The van der Waals surface area contributed by atoms with Gasteiger partial charge in [-0.25, -0.2) is 0 Å². The number of aromatic nitrogens is 1. The first kappa shape index (κ1) is 14.8. The molecule has 0 saturated carbocycles. The van der Waals surface area contributed by atoms with Crippen LogP contribution in [0.5, 0.6) is 0 Å². The fourth-order valence-corrected chi connectivity index (χ4v) is 3.53. The van der Waals surface area contributed by atoms with Gasteiger partial charge < -0.3 is 15.8 Å². The number of hydrogen-bond acceptors (Lipinski definition) is 5. The van der Waals surface area contributed by atoms with E-state index in [9.17, 15) is 0 Å². The van der Waals surface area contributed by atoms with Crippen molar-refractivity contribution < 1.29 is 4.74 Å². The molecule has 2 saturated heterocycles. The van der Waals surface area contributed by atoms with Gasteiger partial charge in [0.2, 0.25) is 0 Å². The Morgan fingerprint density at radius 1 is 1.57 bits per heavy atom. The van der Waals surface area contributed by atoms with Crippen molar-refractivity contribution in [3.8, 4) is 0 Å². The summed E-state index contributed by atoms with van der Waals surface area (Å²) < 4.78 is 6.15. The third kappa shape index (κ3) is 3.36. The number of nitrogens with zero attached hydrogens (tertiary/aromatic N) is 2. The molecule has 0 amide bonds. The molecule has 2 fully saturated rings. The van der Waals surface area contributed by atoms with E-state index in [2.05, 4.69) is 22.1 Å². The molecule has 0 radical (unpaired) electrons. The average molecular weight is 290 g/mol. The van der Waals surface area contributed by atoms with Gasteiger partial charge in [-0.15, -0.1) is 0 Å². The second-order valence-corrected chi connectivity index (χ2v) is 6.11. The molecule has 3 unspecified atom stereocenters. The largest absolute Gasteiger partial charge is 0.398 e. The van der Waals surface area contributed by atoms with E-state index in [0.717, 1.165) is 37.4 Å². The zero-order valence-electron chi connectivity index (χ0n) is 12.8. The number of ether oxygens (including phenoxy) is 1. The van der Waals surface area contributed by atoms with E-state index in [0.29, 0.717) is 12.1 Å². The van der Waals surface area contributed by atoms with Crippen molar-refractivity contribution in [1.29, 1.82) is 0 Å². The molecule has 0 spiro atoms. The fraction of sp³-hybridized carbons (Fsp3) is 0.688. The summed E-state index contributed by atoms with van der Waals surface area (Å²) in [5, 5.41) is 3.57. The van der Waals surface area contributed by atoms with E-state index in [1.54, 1.807) is 6.20 Å². The van der Waals surface area contributed by atoms with Gasteiger partial charge >= 0.3 is 0 Å². The normalized spacial score (nSPS) is 27.5. The molecule has 1 aromatic rings. The molecule has 3 heterocycles. The van der Waals surface area contributed by atoms with Crippen LogP contribution in [0, 0.1) is 0 Å². The number of nitrogens with two attached hydrogens (primary N) is 1. The van der Waals surface area contributed by atoms with Crippen molar-refractivity contribution in [2.75, 3.05) is 32.0 Å². The number of fused-ring (bicyclic) bond motifs is 1. The zero-order chi connectivity index (χ0) is 14.7. The predicted octanol–water partition coefficient (Wildman–Crippen LogP) is 1.05. The highest BCUT2D eigenvalue weighted by molar-refractivity contribution is 5.44.